The molecule has 0 unspecified atom stereocenters. The number of hydrogen-bond donors (Lipinski definition) is 1. The molecule has 0 aromatic heterocycles. The highest BCUT2D eigenvalue weighted by molar-refractivity contribution is 5.59. The third kappa shape index (κ3) is 2.03. The highest BCUT2D eigenvalue weighted by atomic mass is 15.4. The number of nitrogens with one attached hydrogen (secondary N) is 1. The fraction of sp³-hybridized carbons (Fsp3) is 0.222. The molecule has 0 spiro atoms. The van der Waals surface area contributed by atoms with Gasteiger partial charge in [-0.25, -0.2) is 0 Å². The van der Waals surface area contributed by atoms with E-state index in [1.807, 2.05) is 19.1 Å². The van der Waals surface area contributed by atoms with Gasteiger partial charge in [0.05, 0.1) is 18.3 Å². The number of hydrogen-bond acceptors (Lipinski definition) is 3. The van der Waals surface area contributed by atoms with Gasteiger partial charge in [-0.3, -0.25) is 5.43 Å². The van der Waals surface area contributed by atoms with Crippen LogP contribution in [-0.2, 0) is 0 Å². The van der Waals surface area contributed by atoms with Gasteiger partial charge >= 0.3 is 0 Å². The average molecular weight is 174 g/mol. The molecule has 13 heavy (non-hydrogen) atoms. The van der Waals surface area contributed by atoms with E-state index >= 15 is 0 Å². The average Bonchev–Trinajstić information content (AvgIpc) is 2.15. The van der Waals surface area contributed by atoms with Crippen molar-refractivity contribution in [2.75, 3.05) is 12.5 Å². The van der Waals surface area contributed by atoms with Gasteiger partial charge in [0.1, 0.15) is 6.07 Å². The summed E-state index contributed by atoms with van der Waals surface area (Å²) in [5.41, 5.74) is 4.91. The molecule has 0 aliphatic carbocycles. The van der Waals surface area contributed by atoms with Crippen molar-refractivity contribution in [1.82, 2.24) is 0 Å². The summed E-state index contributed by atoms with van der Waals surface area (Å²) >= 11 is 0. The highest BCUT2D eigenvalue weighted by Gasteiger charge is 2.02. The van der Waals surface area contributed by atoms with Crippen LogP contribution in [0, 0.1) is 18.3 Å². The Morgan fingerprint density at radius 2 is 2.23 bits per heavy atom. The monoisotopic (exact) mass is 174 g/mol. The molecular weight excluding hydrogens is 164 g/mol. The smallest absolute Gasteiger partial charge is 0.102 e. The normalized spacial score (nSPS) is 9.92. The molecule has 1 aromatic rings. The summed E-state index contributed by atoms with van der Waals surface area (Å²) in [5, 5.41) is 16.0. The molecule has 0 radical (unpaired) electrons. The van der Waals surface area contributed by atoms with Gasteiger partial charge < -0.3 is 0 Å². The molecule has 0 aliphatic heterocycles. The predicted molar refractivity (Wildman–Crippen MR) is 50.3 cm³/mol. The zero-order valence-electron chi connectivity index (χ0n) is 7.57. The topological polar surface area (TPSA) is 60.5 Å². The number of aryl methyl sites for hydroxylation is 1. The van der Waals surface area contributed by atoms with E-state index in [2.05, 4.69) is 21.8 Å². The minimum Gasteiger partial charge on any atom is -0.259 e. The van der Waals surface area contributed by atoms with Gasteiger partial charge in [0.2, 0.25) is 0 Å². The van der Waals surface area contributed by atoms with Crippen molar-refractivity contribution in [3.8, 4) is 6.07 Å². The number of nitriles is 1. The molecule has 0 fully saturated rings. The van der Waals surface area contributed by atoms with E-state index in [0.717, 1.165) is 5.56 Å². The molecule has 0 atom stereocenters. The Balaban J connectivity index is 3.07. The van der Waals surface area contributed by atoms with Crippen molar-refractivity contribution in [2.24, 2.45) is 10.3 Å². The summed E-state index contributed by atoms with van der Waals surface area (Å²) in [6, 6.07) is 7.65. The third-order valence-electron chi connectivity index (χ3n) is 1.66. The lowest BCUT2D eigenvalue weighted by molar-refractivity contribution is 1.08. The molecule has 0 aliphatic rings. The fourth-order valence-electron chi connectivity index (χ4n) is 1.01. The molecule has 66 valence electrons. The van der Waals surface area contributed by atoms with Crippen LogP contribution >= 0.6 is 0 Å². The molecule has 1 rings (SSSR count). The zero-order valence-corrected chi connectivity index (χ0v) is 7.57. The van der Waals surface area contributed by atoms with E-state index in [-0.39, 0.29) is 0 Å². The van der Waals surface area contributed by atoms with Gasteiger partial charge in [-0.05, 0) is 18.6 Å². The maximum atomic E-state index is 8.84. The quantitative estimate of drug-likeness (QED) is 0.552. The highest BCUT2D eigenvalue weighted by Crippen LogP contribution is 2.17. The first kappa shape index (κ1) is 9.20. The summed E-state index contributed by atoms with van der Waals surface area (Å²) in [6.07, 6.45) is 0. The van der Waals surface area contributed by atoms with E-state index in [9.17, 15) is 0 Å². The van der Waals surface area contributed by atoms with Crippen molar-refractivity contribution in [2.45, 2.75) is 6.92 Å². The van der Waals surface area contributed by atoms with E-state index in [0.29, 0.717) is 11.3 Å². The Morgan fingerprint density at radius 3 is 2.85 bits per heavy atom. The van der Waals surface area contributed by atoms with Crippen LogP contribution < -0.4 is 5.43 Å². The second-order valence-corrected chi connectivity index (χ2v) is 2.52. The SMILES string of the molecule is CN=NNc1cccc(C)c1C#N. The molecule has 0 heterocycles. The standard InChI is InChI=1S/C9H10N4/c1-7-4-3-5-9(8(7)6-10)12-13-11-2/h3-5H,1-2H3,(H,11,12). The number of benzene rings is 1. The van der Waals surface area contributed by atoms with Gasteiger partial charge in [-0.15, -0.1) is 0 Å². The first-order valence-electron chi connectivity index (χ1n) is 3.84. The molecule has 0 bridgehead atoms. The van der Waals surface area contributed by atoms with Crippen LogP contribution in [0.5, 0.6) is 0 Å². The van der Waals surface area contributed by atoms with Gasteiger partial charge in [-0.2, -0.15) is 10.4 Å². The summed E-state index contributed by atoms with van der Waals surface area (Å²) < 4.78 is 0. The summed E-state index contributed by atoms with van der Waals surface area (Å²) in [6.45, 7) is 1.88. The Labute approximate surface area is 76.9 Å². The molecular formula is C9H10N4. The first-order chi connectivity index (χ1) is 6.29. The largest absolute Gasteiger partial charge is 0.259 e. The second-order valence-electron chi connectivity index (χ2n) is 2.52. The lowest BCUT2D eigenvalue weighted by Crippen LogP contribution is -1.92. The molecule has 1 aromatic carbocycles. The first-order valence-corrected chi connectivity index (χ1v) is 3.84. The van der Waals surface area contributed by atoms with Crippen LogP contribution in [0.25, 0.3) is 0 Å². The fourth-order valence-corrected chi connectivity index (χ4v) is 1.01. The lowest BCUT2D eigenvalue weighted by Gasteiger charge is -2.03. The Morgan fingerprint density at radius 1 is 1.46 bits per heavy atom. The van der Waals surface area contributed by atoms with Gasteiger partial charge in [0.15, 0.2) is 0 Å². The molecule has 0 saturated heterocycles. The van der Waals surface area contributed by atoms with Crippen molar-refractivity contribution >= 4 is 5.69 Å². The van der Waals surface area contributed by atoms with Crippen LogP contribution in [0.15, 0.2) is 28.5 Å². The van der Waals surface area contributed by atoms with Crippen molar-refractivity contribution in [3.63, 3.8) is 0 Å². The van der Waals surface area contributed by atoms with Crippen LogP contribution in [0.2, 0.25) is 0 Å². The number of anilines is 1. The third-order valence-corrected chi connectivity index (χ3v) is 1.66. The zero-order chi connectivity index (χ0) is 9.68. The summed E-state index contributed by atoms with van der Waals surface area (Å²) in [4.78, 5) is 0. The van der Waals surface area contributed by atoms with Crippen molar-refractivity contribution in [1.29, 1.82) is 5.26 Å². The van der Waals surface area contributed by atoms with Gasteiger partial charge in [-0.1, -0.05) is 17.4 Å². The van der Waals surface area contributed by atoms with E-state index in [4.69, 9.17) is 5.26 Å². The van der Waals surface area contributed by atoms with Crippen LogP contribution in [-0.4, -0.2) is 7.05 Å². The Bertz CT molecular complexity index is 362. The molecule has 4 nitrogen and oxygen atoms in total. The minimum absolute atomic E-state index is 0.606. The number of nitrogens with zero attached hydrogens (tertiary/aromatic N) is 3. The van der Waals surface area contributed by atoms with E-state index < -0.39 is 0 Å². The lowest BCUT2D eigenvalue weighted by atomic mass is 10.1. The summed E-state index contributed by atoms with van der Waals surface area (Å²) in [7, 11) is 1.56. The van der Waals surface area contributed by atoms with Gasteiger partial charge in [0, 0.05) is 0 Å². The van der Waals surface area contributed by atoms with Crippen LogP contribution in [0.3, 0.4) is 0 Å². The summed E-state index contributed by atoms with van der Waals surface area (Å²) in [5.74, 6) is 0. The maximum absolute atomic E-state index is 8.84. The maximum Gasteiger partial charge on any atom is 0.102 e. The second kappa shape index (κ2) is 4.21. The van der Waals surface area contributed by atoms with E-state index in [1.165, 1.54) is 0 Å². The van der Waals surface area contributed by atoms with Gasteiger partial charge in [0.25, 0.3) is 0 Å². The molecule has 0 saturated carbocycles. The minimum atomic E-state index is 0.606. The molecule has 4 heteroatoms. The predicted octanol–water partition coefficient (Wildman–Crippen LogP) is 2.28. The van der Waals surface area contributed by atoms with Crippen molar-refractivity contribution in [3.05, 3.63) is 29.3 Å². The van der Waals surface area contributed by atoms with Crippen LogP contribution in [0.1, 0.15) is 11.1 Å². The van der Waals surface area contributed by atoms with Crippen LogP contribution in [0.4, 0.5) is 5.69 Å². The Hall–Kier alpha value is -1.89. The molecule has 0 amide bonds. The van der Waals surface area contributed by atoms with E-state index in [1.54, 1.807) is 13.1 Å². The Kier molecular flexibility index (Phi) is 2.98. The van der Waals surface area contributed by atoms with Crippen molar-refractivity contribution < 1.29 is 0 Å². The number of rotatable bonds is 2. The molecule has 1 N–H and O–H groups in total.